The first-order valence-corrected chi connectivity index (χ1v) is 8.43. The molecule has 128 valence electrons. The number of likely N-dealkylation sites (tertiary alicyclic amines) is 1. The van der Waals surface area contributed by atoms with Crippen LogP contribution in [0.2, 0.25) is 0 Å². The molecule has 1 aromatic heterocycles. The van der Waals surface area contributed by atoms with Crippen LogP contribution in [-0.2, 0) is 10.4 Å². The fourth-order valence-electron chi connectivity index (χ4n) is 3.45. The van der Waals surface area contributed by atoms with E-state index >= 15 is 0 Å². The van der Waals surface area contributed by atoms with Crippen LogP contribution in [0.25, 0.3) is 0 Å². The van der Waals surface area contributed by atoms with Crippen LogP contribution in [0, 0.1) is 5.92 Å². The lowest BCUT2D eigenvalue weighted by atomic mass is 9.84. The number of piperidine rings is 1. The summed E-state index contributed by atoms with van der Waals surface area (Å²) in [6, 6.07) is 9.93. The topological polar surface area (TPSA) is 82.1 Å². The fourth-order valence-corrected chi connectivity index (χ4v) is 3.45. The number of hydrogen-bond donors (Lipinski definition) is 2. The van der Waals surface area contributed by atoms with E-state index in [1.807, 2.05) is 35.2 Å². The van der Waals surface area contributed by atoms with Crippen LogP contribution in [0.5, 0.6) is 0 Å². The molecule has 2 N–H and O–H groups in total. The van der Waals surface area contributed by atoms with Gasteiger partial charge in [-0.1, -0.05) is 44.2 Å². The lowest BCUT2D eigenvalue weighted by Crippen LogP contribution is -2.47. The number of aliphatic hydroxyl groups is 1. The number of aromatic amines is 1. The molecule has 1 saturated heterocycles. The van der Waals surface area contributed by atoms with E-state index in [0.29, 0.717) is 31.6 Å². The highest BCUT2D eigenvalue weighted by Gasteiger charge is 2.39. The minimum absolute atomic E-state index is 0.137. The summed E-state index contributed by atoms with van der Waals surface area (Å²) in [7, 11) is 0. The van der Waals surface area contributed by atoms with Gasteiger partial charge in [0.15, 0.2) is 0 Å². The normalized spacial score (nSPS) is 18.6. The highest BCUT2D eigenvalue weighted by atomic mass is 16.3. The van der Waals surface area contributed by atoms with E-state index in [9.17, 15) is 9.90 Å². The maximum atomic E-state index is 13.0. The summed E-state index contributed by atoms with van der Waals surface area (Å²) in [4.78, 5) is 14.9. The quantitative estimate of drug-likeness (QED) is 0.900. The Morgan fingerprint density at radius 1 is 1.25 bits per heavy atom. The molecule has 0 saturated carbocycles. The van der Waals surface area contributed by atoms with Crippen LogP contribution in [0.3, 0.4) is 0 Å². The van der Waals surface area contributed by atoms with Crippen molar-refractivity contribution in [3.8, 4) is 0 Å². The molecule has 1 fully saturated rings. The first kappa shape index (κ1) is 16.6. The van der Waals surface area contributed by atoms with Gasteiger partial charge in [-0.25, -0.2) is 0 Å². The van der Waals surface area contributed by atoms with Gasteiger partial charge in [0.05, 0.1) is 12.1 Å². The molecule has 0 bridgehead atoms. The van der Waals surface area contributed by atoms with E-state index in [1.165, 1.54) is 0 Å². The molecule has 1 atom stereocenters. The van der Waals surface area contributed by atoms with Crippen molar-refractivity contribution in [2.24, 2.45) is 5.92 Å². The van der Waals surface area contributed by atoms with E-state index in [2.05, 4.69) is 29.3 Å². The summed E-state index contributed by atoms with van der Waals surface area (Å²) >= 11 is 0. The fraction of sp³-hybridized carbons (Fsp3) is 0.500. The van der Waals surface area contributed by atoms with Gasteiger partial charge in [-0.2, -0.15) is 15.4 Å². The van der Waals surface area contributed by atoms with E-state index in [-0.39, 0.29) is 17.7 Å². The number of H-pyrrole nitrogens is 1. The van der Waals surface area contributed by atoms with Crippen molar-refractivity contribution in [1.29, 1.82) is 0 Å². The third-order valence-corrected chi connectivity index (χ3v) is 4.89. The second kappa shape index (κ2) is 6.73. The van der Waals surface area contributed by atoms with Gasteiger partial charge in [0, 0.05) is 13.1 Å². The molecule has 0 radical (unpaired) electrons. The van der Waals surface area contributed by atoms with E-state index in [0.717, 1.165) is 5.56 Å². The molecule has 1 aliphatic heterocycles. The van der Waals surface area contributed by atoms with Crippen molar-refractivity contribution >= 4 is 5.91 Å². The van der Waals surface area contributed by atoms with E-state index in [4.69, 9.17) is 0 Å². The number of carbonyl (C=O) groups is 1. The molecule has 0 spiro atoms. The molecule has 1 aliphatic rings. The van der Waals surface area contributed by atoms with Crippen molar-refractivity contribution in [2.45, 2.75) is 38.2 Å². The number of amides is 1. The third kappa shape index (κ3) is 3.19. The zero-order valence-corrected chi connectivity index (χ0v) is 14.1. The molecule has 1 amide bonds. The van der Waals surface area contributed by atoms with Gasteiger partial charge in [0.1, 0.15) is 11.3 Å². The SMILES string of the molecule is CC(C)C(C(=O)N1CCC(O)(c2cn[nH]n2)CC1)c1ccccc1. The molecule has 3 rings (SSSR count). The molecule has 2 heterocycles. The third-order valence-electron chi connectivity index (χ3n) is 4.89. The second-order valence-electron chi connectivity index (χ2n) is 6.84. The lowest BCUT2D eigenvalue weighted by molar-refractivity contribution is -0.138. The Hall–Kier alpha value is -2.21. The maximum absolute atomic E-state index is 13.0. The van der Waals surface area contributed by atoms with Gasteiger partial charge >= 0.3 is 0 Å². The number of aromatic nitrogens is 3. The summed E-state index contributed by atoms with van der Waals surface area (Å²) in [5.41, 5.74) is 0.608. The highest BCUT2D eigenvalue weighted by molar-refractivity contribution is 5.84. The average Bonchev–Trinajstić information content (AvgIpc) is 3.11. The van der Waals surface area contributed by atoms with E-state index < -0.39 is 5.60 Å². The van der Waals surface area contributed by atoms with Crippen molar-refractivity contribution in [2.75, 3.05) is 13.1 Å². The lowest BCUT2D eigenvalue weighted by Gasteiger charge is -2.39. The average molecular weight is 328 g/mol. The predicted molar refractivity (Wildman–Crippen MR) is 90.1 cm³/mol. The van der Waals surface area contributed by atoms with Gasteiger partial charge in [-0.3, -0.25) is 4.79 Å². The van der Waals surface area contributed by atoms with E-state index in [1.54, 1.807) is 6.20 Å². The molecule has 24 heavy (non-hydrogen) atoms. The summed E-state index contributed by atoms with van der Waals surface area (Å²) in [6.07, 6.45) is 2.51. The zero-order chi connectivity index (χ0) is 17.2. The molecule has 2 aromatic rings. The zero-order valence-electron chi connectivity index (χ0n) is 14.1. The Morgan fingerprint density at radius 3 is 2.46 bits per heavy atom. The van der Waals surface area contributed by atoms with Crippen LogP contribution in [0.1, 0.15) is 43.9 Å². The van der Waals surface area contributed by atoms with Crippen molar-refractivity contribution < 1.29 is 9.90 Å². The first-order chi connectivity index (χ1) is 11.5. The number of rotatable bonds is 4. The second-order valence-corrected chi connectivity index (χ2v) is 6.84. The van der Waals surface area contributed by atoms with Gasteiger partial charge < -0.3 is 10.0 Å². The van der Waals surface area contributed by atoms with Crippen molar-refractivity contribution in [1.82, 2.24) is 20.3 Å². The number of nitrogens with zero attached hydrogens (tertiary/aromatic N) is 3. The Balaban J connectivity index is 1.72. The number of nitrogens with one attached hydrogen (secondary N) is 1. The molecule has 1 aromatic carbocycles. The van der Waals surface area contributed by atoms with Crippen LogP contribution >= 0.6 is 0 Å². The Labute approximate surface area is 141 Å². The summed E-state index contributed by atoms with van der Waals surface area (Å²) < 4.78 is 0. The maximum Gasteiger partial charge on any atom is 0.230 e. The standard InChI is InChI=1S/C18H24N4O2/c1-13(2)16(14-6-4-3-5-7-14)17(23)22-10-8-18(24,9-11-22)15-12-19-21-20-15/h3-7,12-13,16,24H,8-11H2,1-2H3,(H,19,20,21). The minimum Gasteiger partial charge on any atom is -0.383 e. The molecule has 0 aliphatic carbocycles. The van der Waals surface area contributed by atoms with Crippen LogP contribution in [0.4, 0.5) is 0 Å². The van der Waals surface area contributed by atoms with Gasteiger partial charge in [-0.05, 0) is 24.3 Å². The van der Waals surface area contributed by atoms with Crippen LogP contribution < -0.4 is 0 Å². The van der Waals surface area contributed by atoms with Gasteiger partial charge in [0.25, 0.3) is 0 Å². The van der Waals surface area contributed by atoms with Gasteiger partial charge in [-0.15, -0.1) is 0 Å². The summed E-state index contributed by atoms with van der Waals surface area (Å²) in [5.74, 6) is 0.207. The van der Waals surface area contributed by atoms with Gasteiger partial charge in [0.2, 0.25) is 5.91 Å². The predicted octanol–water partition coefficient (Wildman–Crippen LogP) is 2.05. The van der Waals surface area contributed by atoms with Crippen molar-refractivity contribution in [3.05, 3.63) is 47.8 Å². The van der Waals surface area contributed by atoms with Crippen LogP contribution in [-0.4, -0.2) is 44.4 Å². The molecule has 6 nitrogen and oxygen atoms in total. The molecule has 6 heteroatoms. The highest BCUT2D eigenvalue weighted by Crippen LogP contribution is 2.34. The number of carbonyl (C=O) groups excluding carboxylic acids is 1. The Morgan fingerprint density at radius 2 is 1.92 bits per heavy atom. The first-order valence-electron chi connectivity index (χ1n) is 8.43. The summed E-state index contributed by atoms with van der Waals surface area (Å²) in [6.45, 7) is 5.20. The molecule has 1 unspecified atom stereocenters. The van der Waals surface area contributed by atoms with Crippen molar-refractivity contribution in [3.63, 3.8) is 0 Å². The largest absolute Gasteiger partial charge is 0.383 e. The molecular formula is C18H24N4O2. The number of hydrogen-bond acceptors (Lipinski definition) is 4. The van der Waals surface area contributed by atoms with Crippen LogP contribution in [0.15, 0.2) is 36.5 Å². The monoisotopic (exact) mass is 328 g/mol. The molecular weight excluding hydrogens is 304 g/mol. The minimum atomic E-state index is -0.996. The smallest absolute Gasteiger partial charge is 0.230 e. The summed E-state index contributed by atoms with van der Waals surface area (Å²) in [5, 5.41) is 21.0. The Kier molecular flexibility index (Phi) is 4.66. The number of benzene rings is 1. The Bertz CT molecular complexity index is 662.